The number of ether oxygens (including phenoxy) is 2. The standard InChI is InChI=1S/C20H15Br3N4O3/c1-3-29-16-8-12(17(22)18(23)19(16)30-7-6-24)10-25-27-11(2)26-15-5-4-13(21)9-14(15)20(27)28/h4-5,8-10H,3,7H2,1-2H3. The lowest BCUT2D eigenvalue weighted by atomic mass is 10.2. The molecule has 3 aromatic rings. The number of nitriles is 1. The van der Waals surface area contributed by atoms with Gasteiger partial charge in [-0.25, -0.2) is 4.98 Å². The molecule has 0 aliphatic carbocycles. The van der Waals surface area contributed by atoms with E-state index in [0.29, 0.717) is 49.3 Å². The molecule has 0 radical (unpaired) electrons. The van der Waals surface area contributed by atoms with E-state index in [2.05, 4.69) is 57.9 Å². The summed E-state index contributed by atoms with van der Waals surface area (Å²) < 4.78 is 14.4. The van der Waals surface area contributed by atoms with Crippen molar-refractivity contribution in [2.75, 3.05) is 13.2 Å². The molecule has 0 saturated heterocycles. The highest BCUT2D eigenvalue weighted by Gasteiger charge is 2.17. The summed E-state index contributed by atoms with van der Waals surface area (Å²) in [5, 5.41) is 13.6. The molecule has 7 nitrogen and oxygen atoms in total. The van der Waals surface area contributed by atoms with Crippen LogP contribution in [0.25, 0.3) is 10.9 Å². The normalized spacial score (nSPS) is 11.1. The molecule has 10 heteroatoms. The van der Waals surface area contributed by atoms with Gasteiger partial charge in [0.2, 0.25) is 0 Å². The molecule has 154 valence electrons. The van der Waals surface area contributed by atoms with Gasteiger partial charge >= 0.3 is 0 Å². The van der Waals surface area contributed by atoms with Gasteiger partial charge in [0.05, 0.1) is 28.2 Å². The Kier molecular flexibility index (Phi) is 7.28. The Labute approximate surface area is 197 Å². The number of benzene rings is 2. The minimum absolute atomic E-state index is 0.120. The lowest BCUT2D eigenvalue weighted by Crippen LogP contribution is -2.20. The lowest BCUT2D eigenvalue weighted by Gasteiger charge is -2.15. The Morgan fingerprint density at radius 3 is 2.70 bits per heavy atom. The Hall–Kier alpha value is -2.22. The van der Waals surface area contributed by atoms with Crippen LogP contribution >= 0.6 is 47.8 Å². The van der Waals surface area contributed by atoms with Gasteiger partial charge in [-0.05, 0) is 70.0 Å². The fraction of sp³-hybridized carbons (Fsp3) is 0.200. The number of aryl methyl sites for hydroxylation is 1. The van der Waals surface area contributed by atoms with E-state index >= 15 is 0 Å². The number of halogens is 3. The number of rotatable bonds is 6. The van der Waals surface area contributed by atoms with Crippen molar-refractivity contribution in [1.82, 2.24) is 9.66 Å². The van der Waals surface area contributed by atoms with E-state index in [4.69, 9.17) is 14.7 Å². The molecule has 1 aromatic heterocycles. The number of hydrogen-bond donors (Lipinski definition) is 0. The first kappa shape index (κ1) is 22.5. The first-order valence-electron chi connectivity index (χ1n) is 8.75. The monoisotopic (exact) mass is 596 g/mol. The fourth-order valence-corrected chi connectivity index (χ4v) is 4.01. The lowest BCUT2D eigenvalue weighted by molar-refractivity contribution is 0.297. The summed E-state index contributed by atoms with van der Waals surface area (Å²) >= 11 is 10.3. The third-order valence-corrected chi connectivity index (χ3v) is 6.66. The topological polar surface area (TPSA) is 89.5 Å². The van der Waals surface area contributed by atoms with Crippen LogP contribution in [0.1, 0.15) is 18.3 Å². The summed E-state index contributed by atoms with van der Waals surface area (Å²) in [4.78, 5) is 17.4. The Bertz CT molecular complexity index is 1250. The minimum atomic E-state index is -0.274. The Balaban J connectivity index is 2.10. The van der Waals surface area contributed by atoms with Gasteiger partial charge < -0.3 is 9.47 Å². The molecule has 0 aliphatic heterocycles. The zero-order valence-electron chi connectivity index (χ0n) is 15.9. The summed E-state index contributed by atoms with van der Waals surface area (Å²) in [6.07, 6.45) is 1.53. The van der Waals surface area contributed by atoms with Gasteiger partial charge in [0.15, 0.2) is 18.1 Å². The van der Waals surface area contributed by atoms with Gasteiger partial charge in [-0.15, -0.1) is 0 Å². The molecule has 0 saturated carbocycles. The zero-order valence-corrected chi connectivity index (χ0v) is 20.7. The molecule has 2 aromatic carbocycles. The number of hydrogen-bond acceptors (Lipinski definition) is 6. The third-order valence-electron chi connectivity index (χ3n) is 4.02. The summed E-state index contributed by atoms with van der Waals surface area (Å²) in [6.45, 7) is 3.86. The zero-order chi connectivity index (χ0) is 21.8. The van der Waals surface area contributed by atoms with Gasteiger partial charge in [0.1, 0.15) is 11.9 Å². The second-order valence-corrected chi connectivity index (χ2v) is 8.48. The van der Waals surface area contributed by atoms with Crippen molar-refractivity contribution in [3.63, 3.8) is 0 Å². The number of nitrogens with zero attached hydrogens (tertiary/aromatic N) is 4. The molecule has 0 aliphatic rings. The smallest absolute Gasteiger partial charge is 0.282 e. The van der Waals surface area contributed by atoms with Crippen LogP contribution in [0.4, 0.5) is 0 Å². The van der Waals surface area contributed by atoms with E-state index in [1.54, 1.807) is 25.1 Å². The van der Waals surface area contributed by atoms with Crippen LogP contribution in [0.5, 0.6) is 11.5 Å². The molecule has 0 N–H and O–H groups in total. The maximum Gasteiger partial charge on any atom is 0.282 e. The van der Waals surface area contributed by atoms with E-state index in [9.17, 15) is 4.79 Å². The molecule has 30 heavy (non-hydrogen) atoms. The van der Waals surface area contributed by atoms with Crippen molar-refractivity contribution < 1.29 is 9.47 Å². The Morgan fingerprint density at radius 1 is 1.23 bits per heavy atom. The molecule has 0 unspecified atom stereocenters. The van der Waals surface area contributed by atoms with Crippen LogP contribution in [-0.4, -0.2) is 29.1 Å². The molecule has 1 heterocycles. The van der Waals surface area contributed by atoms with Crippen molar-refractivity contribution in [2.45, 2.75) is 13.8 Å². The highest BCUT2D eigenvalue weighted by Crippen LogP contribution is 2.42. The third kappa shape index (κ3) is 4.58. The highest BCUT2D eigenvalue weighted by molar-refractivity contribution is 9.13. The minimum Gasteiger partial charge on any atom is -0.490 e. The fourth-order valence-electron chi connectivity index (χ4n) is 2.72. The van der Waals surface area contributed by atoms with E-state index in [1.807, 2.05) is 19.1 Å². The summed E-state index contributed by atoms with van der Waals surface area (Å²) in [7, 11) is 0. The SMILES string of the molecule is CCOc1cc(C=Nn2c(C)nc3ccc(Br)cc3c2=O)c(Br)c(Br)c1OCC#N. The van der Waals surface area contributed by atoms with Gasteiger partial charge in [0, 0.05) is 14.5 Å². The average molecular weight is 599 g/mol. The quantitative estimate of drug-likeness (QED) is 0.365. The largest absolute Gasteiger partial charge is 0.490 e. The van der Waals surface area contributed by atoms with Gasteiger partial charge in [-0.2, -0.15) is 15.0 Å². The summed E-state index contributed by atoms with van der Waals surface area (Å²) in [6, 6.07) is 8.99. The molecule has 0 fully saturated rings. The van der Waals surface area contributed by atoms with Crippen molar-refractivity contribution in [3.05, 3.63) is 59.4 Å². The number of aromatic nitrogens is 2. The van der Waals surface area contributed by atoms with E-state index in [-0.39, 0.29) is 12.2 Å². The van der Waals surface area contributed by atoms with Crippen LogP contribution in [0, 0.1) is 18.3 Å². The Morgan fingerprint density at radius 2 is 2.00 bits per heavy atom. The van der Waals surface area contributed by atoms with Crippen molar-refractivity contribution >= 4 is 64.9 Å². The van der Waals surface area contributed by atoms with Crippen molar-refractivity contribution in [3.8, 4) is 17.6 Å². The van der Waals surface area contributed by atoms with Crippen molar-refractivity contribution in [2.24, 2.45) is 5.10 Å². The van der Waals surface area contributed by atoms with Crippen molar-refractivity contribution in [1.29, 1.82) is 5.26 Å². The molecular formula is C20H15Br3N4O3. The molecule has 3 rings (SSSR count). The molecule has 0 spiro atoms. The van der Waals surface area contributed by atoms with Gasteiger partial charge in [-0.1, -0.05) is 15.9 Å². The molecule has 0 atom stereocenters. The second-order valence-electron chi connectivity index (χ2n) is 5.98. The molecular weight excluding hydrogens is 584 g/mol. The first-order valence-corrected chi connectivity index (χ1v) is 11.1. The maximum atomic E-state index is 12.9. The van der Waals surface area contributed by atoms with Gasteiger partial charge in [-0.3, -0.25) is 4.79 Å². The first-order chi connectivity index (χ1) is 14.4. The predicted molar refractivity (Wildman–Crippen MR) is 126 cm³/mol. The average Bonchev–Trinajstić information content (AvgIpc) is 2.72. The number of fused-ring (bicyclic) bond motifs is 1. The van der Waals surface area contributed by atoms with Crippen LogP contribution in [0.3, 0.4) is 0 Å². The summed E-state index contributed by atoms with van der Waals surface area (Å²) in [5.41, 5.74) is 0.980. The predicted octanol–water partition coefficient (Wildman–Crippen LogP) is 5.18. The second kappa shape index (κ2) is 9.73. The van der Waals surface area contributed by atoms with Gasteiger partial charge in [0.25, 0.3) is 5.56 Å². The van der Waals surface area contributed by atoms with E-state index < -0.39 is 0 Å². The molecule has 0 amide bonds. The van der Waals surface area contributed by atoms with Crippen LogP contribution in [0.15, 0.2) is 47.6 Å². The van der Waals surface area contributed by atoms with E-state index in [1.165, 1.54) is 10.9 Å². The maximum absolute atomic E-state index is 12.9. The van der Waals surface area contributed by atoms with Crippen LogP contribution in [0.2, 0.25) is 0 Å². The molecule has 0 bridgehead atoms. The van der Waals surface area contributed by atoms with E-state index in [0.717, 1.165) is 4.47 Å². The highest BCUT2D eigenvalue weighted by atomic mass is 79.9. The van der Waals surface area contributed by atoms with Crippen LogP contribution < -0.4 is 15.0 Å². The van der Waals surface area contributed by atoms with Crippen LogP contribution in [-0.2, 0) is 0 Å². The summed E-state index contributed by atoms with van der Waals surface area (Å²) in [5.74, 6) is 1.32.